The van der Waals surface area contributed by atoms with E-state index < -0.39 is 6.17 Å². The summed E-state index contributed by atoms with van der Waals surface area (Å²) in [6.07, 6.45) is 4.69. The van der Waals surface area contributed by atoms with Crippen LogP contribution in [0, 0.1) is 11.8 Å². The maximum Gasteiger partial charge on any atom is 0.167 e. The van der Waals surface area contributed by atoms with Crippen molar-refractivity contribution in [2.45, 2.75) is 44.7 Å². The molecule has 0 aromatic rings. The average molecular weight is 170 g/mol. The molecule has 2 rings (SSSR count). The number of carbonyl (C=O) groups is 1. The second-order valence-electron chi connectivity index (χ2n) is 4.18. The van der Waals surface area contributed by atoms with E-state index in [-0.39, 0.29) is 5.78 Å². The molecule has 0 aromatic carbocycles. The zero-order valence-electron chi connectivity index (χ0n) is 7.26. The molecule has 0 saturated heterocycles. The molecule has 2 saturated carbocycles. The lowest BCUT2D eigenvalue weighted by atomic mass is 9.70. The number of carbonyl (C=O) groups excluding carboxylic acids is 1. The summed E-state index contributed by atoms with van der Waals surface area (Å²) in [5, 5.41) is 0. The molecule has 2 aliphatic carbocycles. The minimum absolute atomic E-state index is 0.141. The third-order valence-corrected chi connectivity index (χ3v) is 3.39. The lowest BCUT2D eigenvalue weighted by Gasteiger charge is -2.35. The van der Waals surface area contributed by atoms with Crippen LogP contribution in [-0.2, 0) is 4.79 Å². The van der Waals surface area contributed by atoms with Crippen LogP contribution in [-0.4, -0.2) is 12.0 Å². The molecule has 0 bridgehead atoms. The Bertz CT molecular complexity index is 190. The number of hydrogen-bond donors (Lipinski definition) is 0. The summed E-state index contributed by atoms with van der Waals surface area (Å²) in [5.74, 6) is 0.905. The van der Waals surface area contributed by atoms with Crippen molar-refractivity contribution in [3.8, 4) is 0 Å². The first kappa shape index (κ1) is 8.21. The summed E-state index contributed by atoms with van der Waals surface area (Å²) >= 11 is 0. The van der Waals surface area contributed by atoms with Gasteiger partial charge < -0.3 is 0 Å². The van der Waals surface area contributed by atoms with Crippen LogP contribution in [0.1, 0.15) is 38.5 Å². The predicted octanol–water partition coefficient (Wildman–Crippen LogP) is 2.49. The van der Waals surface area contributed by atoms with Crippen LogP contribution in [0.25, 0.3) is 0 Å². The highest BCUT2D eigenvalue weighted by molar-refractivity contribution is 5.84. The van der Waals surface area contributed by atoms with Crippen LogP contribution in [0.2, 0.25) is 0 Å². The van der Waals surface area contributed by atoms with Gasteiger partial charge in [-0.1, -0.05) is 19.3 Å². The van der Waals surface area contributed by atoms with Gasteiger partial charge in [-0.3, -0.25) is 4.79 Å². The minimum atomic E-state index is -1.13. The Morgan fingerprint density at radius 2 is 1.83 bits per heavy atom. The highest BCUT2D eigenvalue weighted by Gasteiger charge is 2.36. The van der Waals surface area contributed by atoms with E-state index in [1.807, 2.05) is 0 Å². The van der Waals surface area contributed by atoms with Crippen molar-refractivity contribution in [1.82, 2.24) is 0 Å². The van der Waals surface area contributed by atoms with E-state index in [1.165, 1.54) is 12.8 Å². The molecule has 3 unspecified atom stereocenters. The molecular formula is C10H15FO. The summed E-state index contributed by atoms with van der Waals surface area (Å²) in [4.78, 5) is 11.1. The normalized spacial score (nSPS) is 42.4. The van der Waals surface area contributed by atoms with E-state index in [1.54, 1.807) is 0 Å². The fourth-order valence-electron chi connectivity index (χ4n) is 2.65. The second kappa shape index (κ2) is 3.15. The van der Waals surface area contributed by atoms with Gasteiger partial charge in [-0.25, -0.2) is 4.39 Å². The number of Topliss-reactive ketones (excluding diaryl/α,β-unsaturated/α-hetero) is 1. The van der Waals surface area contributed by atoms with E-state index >= 15 is 0 Å². The smallest absolute Gasteiger partial charge is 0.167 e. The molecule has 68 valence electrons. The summed E-state index contributed by atoms with van der Waals surface area (Å²) in [6.45, 7) is 0. The summed E-state index contributed by atoms with van der Waals surface area (Å²) in [7, 11) is 0. The van der Waals surface area contributed by atoms with Gasteiger partial charge in [0.2, 0.25) is 0 Å². The van der Waals surface area contributed by atoms with Crippen LogP contribution < -0.4 is 0 Å². The predicted molar refractivity (Wildman–Crippen MR) is 44.6 cm³/mol. The first-order chi connectivity index (χ1) is 5.77. The molecule has 0 N–H and O–H groups in total. The van der Waals surface area contributed by atoms with Gasteiger partial charge in [0.1, 0.15) is 0 Å². The van der Waals surface area contributed by atoms with Crippen LogP contribution in [0.15, 0.2) is 0 Å². The minimum Gasteiger partial charge on any atom is -0.296 e. The topological polar surface area (TPSA) is 17.1 Å². The standard InChI is InChI=1S/C10H15FO/c11-9-5-7-3-1-2-4-8(7)6-10(9)12/h7-9H,1-6H2. The van der Waals surface area contributed by atoms with Crippen LogP contribution in [0.4, 0.5) is 4.39 Å². The summed E-state index contributed by atoms with van der Waals surface area (Å²) in [5.41, 5.74) is 0. The molecular weight excluding hydrogens is 155 g/mol. The van der Waals surface area contributed by atoms with E-state index in [0.29, 0.717) is 24.7 Å². The molecule has 0 radical (unpaired) electrons. The average Bonchev–Trinajstić information content (AvgIpc) is 2.07. The van der Waals surface area contributed by atoms with Gasteiger partial charge in [-0.2, -0.15) is 0 Å². The number of hydrogen-bond acceptors (Lipinski definition) is 1. The van der Waals surface area contributed by atoms with Crippen molar-refractivity contribution in [1.29, 1.82) is 0 Å². The van der Waals surface area contributed by atoms with E-state index in [9.17, 15) is 9.18 Å². The SMILES string of the molecule is O=C1CC2CCCCC2CC1F. The van der Waals surface area contributed by atoms with E-state index in [2.05, 4.69) is 0 Å². The van der Waals surface area contributed by atoms with Crippen molar-refractivity contribution < 1.29 is 9.18 Å². The van der Waals surface area contributed by atoms with Gasteiger partial charge in [0.05, 0.1) is 0 Å². The molecule has 3 atom stereocenters. The third-order valence-electron chi connectivity index (χ3n) is 3.39. The van der Waals surface area contributed by atoms with Crippen molar-refractivity contribution >= 4 is 5.78 Å². The molecule has 1 nitrogen and oxygen atoms in total. The zero-order chi connectivity index (χ0) is 8.55. The number of fused-ring (bicyclic) bond motifs is 1. The van der Waals surface area contributed by atoms with E-state index in [4.69, 9.17) is 0 Å². The molecule has 2 heteroatoms. The van der Waals surface area contributed by atoms with Gasteiger partial charge in [-0.05, 0) is 24.7 Å². The van der Waals surface area contributed by atoms with Gasteiger partial charge in [0.15, 0.2) is 12.0 Å². The fraction of sp³-hybridized carbons (Fsp3) is 0.900. The van der Waals surface area contributed by atoms with Gasteiger partial charge in [-0.15, -0.1) is 0 Å². The third kappa shape index (κ3) is 1.39. The van der Waals surface area contributed by atoms with Gasteiger partial charge in [0.25, 0.3) is 0 Å². The van der Waals surface area contributed by atoms with E-state index in [0.717, 1.165) is 12.8 Å². The Balaban J connectivity index is 2.02. The number of rotatable bonds is 0. The fourth-order valence-corrected chi connectivity index (χ4v) is 2.65. The highest BCUT2D eigenvalue weighted by atomic mass is 19.1. The lowest BCUT2D eigenvalue weighted by molar-refractivity contribution is -0.129. The molecule has 0 aromatic heterocycles. The Kier molecular flexibility index (Phi) is 2.16. The summed E-state index contributed by atoms with van der Waals surface area (Å²) in [6, 6.07) is 0. The Hall–Kier alpha value is -0.400. The van der Waals surface area contributed by atoms with Crippen molar-refractivity contribution in [3.05, 3.63) is 0 Å². The number of alkyl halides is 1. The van der Waals surface area contributed by atoms with Crippen LogP contribution >= 0.6 is 0 Å². The molecule has 0 heterocycles. The molecule has 0 spiro atoms. The number of ketones is 1. The second-order valence-corrected chi connectivity index (χ2v) is 4.18. The van der Waals surface area contributed by atoms with Crippen molar-refractivity contribution in [2.75, 3.05) is 0 Å². The van der Waals surface area contributed by atoms with Gasteiger partial charge >= 0.3 is 0 Å². The monoisotopic (exact) mass is 170 g/mol. The lowest BCUT2D eigenvalue weighted by Crippen LogP contribution is -2.34. The Labute approximate surface area is 72.3 Å². The molecule has 0 aliphatic heterocycles. The first-order valence-electron chi connectivity index (χ1n) is 4.94. The zero-order valence-corrected chi connectivity index (χ0v) is 7.26. The van der Waals surface area contributed by atoms with Crippen molar-refractivity contribution in [2.24, 2.45) is 11.8 Å². The Morgan fingerprint density at radius 1 is 1.17 bits per heavy atom. The van der Waals surface area contributed by atoms with Gasteiger partial charge in [0, 0.05) is 6.42 Å². The highest BCUT2D eigenvalue weighted by Crippen LogP contribution is 2.39. The molecule has 2 aliphatic rings. The first-order valence-corrected chi connectivity index (χ1v) is 4.94. The Morgan fingerprint density at radius 3 is 2.58 bits per heavy atom. The maximum absolute atomic E-state index is 13.0. The summed E-state index contributed by atoms with van der Waals surface area (Å²) < 4.78 is 13.0. The quantitative estimate of drug-likeness (QED) is 0.546. The largest absolute Gasteiger partial charge is 0.296 e. The number of halogens is 1. The van der Waals surface area contributed by atoms with Crippen LogP contribution in [0.3, 0.4) is 0 Å². The molecule has 12 heavy (non-hydrogen) atoms. The molecule has 2 fully saturated rings. The molecule has 0 amide bonds. The maximum atomic E-state index is 13.0. The van der Waals surface area contributed by atoms with Crippen molar-refractivity contribution in [3.63, 3.8) is 0 Å². The van der Waals surface area contributed by atoms with Crippen LogP contribution in [0.5, 0.6) is 0 Å².